The molecule has 1 N–H and O–H groups in total. The zero-order valence-corrected chi connectivity index (χ0v) is 14.8. The van der Waals surface area contributed by atoms with E-state index in [0.717, 1.165) is 44.8 Å². The number of piperidine rings is 1. The highest BCUT2D eigenvalue weighted by atomic mass is 16.2. The van der Waals surface area contributed by atoms with Crippen LogP contribution in [0.4, 0.5) is 4.79 Å². The average Bonchev–Trinajstić information content (AvgIpc) is 3.52. The van der Waals surface area contributed by atoms with Crippen LogP contribution in [0.3, 0.4) is 0 Å². The van der Waals surface area contributed by atoms with Crippen LogP contribution in [0.5, 0.6) is 0 Å². The molecule has 0 radical (unpaired) electrons. The van der Waals surface area contributed by atoms with Gasteiger partial charge in [0.25, 0.3) is 0 Å². The number of hydrogen-bond donors (Lipinski definition) is 1. The highest BCUT2D eigenvalue weighted by Crippen LogP contribution is 2.40. The number of hydrogen-bond acceptors (Lipinski definition) is 4. The summed E-state index contributed by atoms with van der Waals surface area (Å²) in [6.07, 6.45) is 10.8. The summed E-state index contributed by atoms with van der Waals surface area (Å²) >= 11 is 0. The molecule has 2 amide bonds. The molecule has 1 aromatic rings. The Balaban J connectivity index is 1.26. The first-order valence-electron chi connectivity index (χ1n) is 9.90. The first-order valence-corrected chi connectivity index (χ1v) is 9.90. The van der Waals surface area contributed by atoms with Gasteiger partial charge in [0.2, 0.25) is 0 Å². The van der Waals surface area contributed by atoms with Gasteiger partial charge >= 0.3 is 6.03 Å². The summed E-state index contributed by atoms with van der Waals surface area (Å²) in [5, 5.41) is 7.47. The molecule has 7 heteroatoms. The quantitative estimate of drug-likeness (QED) is 0.875. The highest BCUT2D eigenvalue weighted by Gasteiger charge is 2.46. The van der Waals surface area contributed by atoms with Crippen LogP contribution in [0.15, 0.2) is 12.7 Å². The van der Waals surface area contributed by atoms with E-state index < -0.39 is 0 Å². The molecule has 4 aliphatic rings. The molecular formula is C18H28N6O. The summed E-state index contributed by atoms with van der Waals surface area (Å²) in [5.74, 6) is 1.50. The van der Waals surface area contributed by atoms with Crippen molar-refractivity contribution in [2.75, 3.05) is 19.6 Å². The first-order chi connectivity index (χ1) is 12.3. The number of likely N-dealkylation sites (tertiary alicyclic amines) is 2. The van der Waals surface area contributed by atoms with Gasteiger partial charge in [0.05, 0.1) is 6.54 Å². The maximum atomic E-state index is 12.4. The van der Waals surface area contributed by atoms with Gasteiger partial charge in [0.1, 0.15) is 12.7 Å². The van der Waals surface area contributed by atoms with E-state index in [1.165, 1.54) is 25.8 Å². The fourth-order valence-electron chi connectivity index (χ4n) is 4.73. The minimum Gasteiger partial charge on any atom is -0.335 e. The third-order valence-corrected chi connectivity index (χ3v) is 6.39. The van der Waals surface area contributed by atoms with Gasteiger partial charge in [-0.2, -0.15) is 5.10 Å². The predicted molar refractivity (Wildman–Crippen MR) is 92.9 cm³/mol. The lowest BCUT2D eigenvalue weighted by Crippen LogP contribution is -2.52. The summed E-state index contributed by atoms with van der Waals surface area (Å²) in [4.78, 5) is 21.3. The molecule has 2 aliphatic carbocycles. The van der Waals surface area contributed by atoms with Crippen molar-refractivity contribution in [3.8, 4) is 0 Å². The van der Waals surface area contributed by atoms with Gasteiger partial charge in [-0.3, -0.25) is 9.58 Å². The normalized spacial score (nSPS) is 32.6. The number of nitrogens with zero attached hydrogens (tertiary/aromatic N) is 5. The van der Waals surface area contributed by atoms with Gasteiger partial charge in [-0.1, -0.05) is 0 Å². The highest BCUT2D eigenvalue weighted by molar-refractivity contribution is 5.75. The standard InChI is InChI=1S/C18H28N6O/c25-18(21-15-3-4-15)22-6-5-17-14(9-22)7-16(10-23-12-19-11-20-23)24(17)8-13-1-2-13/h11-17H,1-10H2,(H,21,25)/t14-,16+,17+/m0/s1. The van der Waals surface area contributed by atoms with Crippen LogP contribution >= 0.6 is 0 Å². The van der Waals surface area contributed by atoms with Crippen LogP contribution in [0.1, 0.15) is 38.5 Å². The Hall–Kier alpha value is -1.63. The SMILES string of the molecule is O=C(NC1CC1)N1CC[C@@H]2[C@@H](C[C@H](Cn3cncn3)N2CC2CC2)C1. The van der Waals surface area contributed by atoms with Gasteiger partial charge < -0.3 is 10.2 Å². The van der Waals surface area contributed by atoms with E-state index in [-0.39, 0.29) is 6.03 Å². The van der Waals surface area contributed by atoms with Crippen molar-refractivity contribution in [1.82, 2.24) is 29.9 Å². The van der Waals surface area contributed by atoms with Crippen LogP contribution < -0.4 is 5.32 Å². The van der Waals surface area contributed by atoms with Crippen LogP contribution in [-0.2, 0) is 6.54 Å². The number of urea groups is 1. The van der Waals surface area contributed by atoms with E-state index in [9.17, 15) is 4.79 Å². The molecular weight excluding hydrogens is 316 g/mol. The molecule has 25 heavy (non-hydrogen) atoms. The second-order valence-electron chi connectivity index (χ2n) is 8.43. The van der Waals surface area contributed by atoms with E-state index in [4.69, 9.17) is 0 Å². The number of rotatable bonds is 5. The van der Waals surface area contributed by atoms with E-state index in [1.807, 2.05) is 11.0 Å². The minimum atomic E-state index is 0.161. The summed E-state index contributed by atoms with van der Waals surface area (Å²) in [5.41, 5.74) is 0. The van der Waals surface area contributed by atoms with E-state index in [2.05, 4.69) is 25.2 Å². The lowest BCUT2D eigenvalue weighted by Gasteiger charge is -2.38. The van der Waals surface area contributed by atoms with Gasteiger partial charge in [-0.05, 0) is 50.4 Å². The largest absolute Gasteiger partial charge is 0.335 e. The van der Waals surface area contributed by atoms with Gasteiger partial charge in [-0.25, -0.2) is 9.78 Å². The Morgan fingerprint density at radius 1 is 1.16 bits per heavy atom. The molecule has 2 saturated carbocycles. The number of carbonyl (C=O) groups excluding carboxylic acids is 1. The predicted octanol–water partition coefficient (Wildman–Crippen LogP) is 1.32. The smallest absolute Gasteiger partial charge is 0.317 e. The zero-order valence-electron chi connectivity index (χ0n) is 14.8. The fraction of sp³-hybridized carbons (Fsp3) is 0.833. The molecule has 5 rings (SSSR count). The Labute approximate surface area is 148 Å². The van der Waals surface area contributed by atoms with Gasteiger partial charge in [-0.15, -0.1) is 0 Å². The Morgan fingerprint density at radius 3 is 2.76 bits per heavy atom. The number of aromatic nitrogens is 3. The summed E-state index contributed by atoms with van der Waals surface area (Å²) in [7, 11) is 0. The third-order valence-electron chi connectivity index (χ3n) is 6.39. The molecule has 0 spiro atoms. The topological polar surface area (TPSA) is 66.3 Å². The molecule has 3 heterocycles. The van der Waals surface area contributed by atoms with Crippen molar-refractivity contribution >= 4 is 6.03 Å². The second kappa shape index (κ2) is 6.27. The van der Waals surface area contributed by atoms with Crippen molar-refractivity contribution in [1.29, 1.82) is 0 Å². The average molecular weight is 344 g/mol. The number of carbonyl (C=O) groups is 1. The van der Waals surface area contributed by atoms with Crippen molar-refractivity contribution in [3.05, 3.63) is 12.7 Å². The molecule has 2 saturated heterocycles. The summed E-state index contributed by atoms with van der Waals surface area (Å²) in [6.45, 7) is 3.97. The van der Waals surface area contributed by atoms with Crippen LogP contribution in [0.2, 0.25) is 0 Å². The molecule has 0 unspecified atom stereocenters. The van der Waals surface area contributed by atoms with Gasteiger partial charge in [0.15, 0.2) is 0 Å². The molecule has 4 fully saturated rings. The lowest BCUT2D eigenvalue weighted by atomic mass is 9.92. The van der Waals surface area contributed by atoms with Crippen LogP contribution in [0, 0.1) is 11.8 Å². The molecule has 0 bridgehead atoms. The monoisotopic (exact) mass is 344 g/mol. The molecule has 3 atom stereocenters. The summed E-state index contributed by atoms with van der Waals surface area (Å²) < 4.78 is 1.97. The van der Waals surface area contributed by atoms with E-state index >= 15 is 0 Å². The van der Waals surface area contributed by atoms with E-state index in [1.54, 1.807) is 6.33 Å². The lowest BCUT2D eigenvalue weighted by molar-refractivity contribution is 0.103. The first kappa shape index (κ1) is 15.6. The van der Waals surface area contributed by atoms with Gasteiger partial charge in [0, 0.05) is 37.8 Å². The van der Waals surface area contributed by atoms with Crippen molar-refractivity contribution in [2.45, 2.75) is 63.2 Å². The van der Waals surface area contributed by atoms with Crippen molar-refractivity contribution < 1.29 is 4.79 Å². The second-order valence-corrected chi connectivity index (χ2v) is 8.43. The fourth-order valence-corrected chi connectivity index (χ4v) is 4.73. The zero-order chi connectivity index (χ0) is 16.8. The molecule has 136 valence electrons. The Bertz CT molecular complexity index is 611. The van der Waals surface area contributed by atoms with Crippen LogP contribution in [0.25, 0.3) is 0 Å². The summed E-state index contributed by atoms with van der Waals surface area (Å²) in [6, 6.07) is 1.78. The maximum Gasteiger partial charge on any atom is 0.317 e. The van der Waals surface area contributed by atoms with Crippen molar-refractivity contribution in [2.24, 2.45) is 11.8 Å². The molecule has 1 aromatic heterocycles. The van der Waals surface area contributed by atoms with Crippen LogP contribution in [-0.4, -0.2) is 68.4 Å². The minimum absolute atomic E-state index is 0.161. The molecule has 7 nitrogen and oxygen atoms in total. The van der Waals surface area contributed by atoms with Crippen molar-refractivity contribution in [3.63, 3.8) is 0 Å². The molecule has 0 aromatic carbocycles. The number of amides is 2. The third kappa shape index (κ3) is 3.38. The van der Waals surface area contributed by atoms with E-state index in [0.29, 0.717) is 24.0 Å². The Morgan fingerprint density at radius 2 is 2.04 bits per heavy atom. The number of nitrogens with one attached hydrogen (secondary N) is 1. The Kier molecular flexibility index (Phi) is 3.91. The number of fused-ring (bicyclic) bond motifs is 1. The maximum absolute atomic E-state index is 12.4. The molecule has 2 aliphatic heterocycles.